The lowest BCUT2D eigenvalue weighted by Gasteiger charge is -2.28. The molecule has 0 aromatic heterocycles. The molecule has 0 bridgehead atoms. The lowest BCUT2D eigenvalue weighted by Crippen LogP contribution is -2.09. The van der Waals surface area contributed by atoms with Gasteiger partial charge < -0.3 is 4.74 Å². The highest BCUT2D eigenvalue weighted by Crippen LogP contribution is 2.45. The topological polar surface area (TPSA) is 9.23 Å². The smallest absolute Gasteiger partial charge is 0.131 e. The van der Waals surface area contributed by atoms with E-state index in [9.17, 15) is 0 Å². The summed E-state index contributed by atoms with van der Waals surface area (Å²) in [6, 6.07) is 10.8. The minimum Gasteiger partial charge on any atom is -0.457 e. The van der Waals surface area contributed by atoms with E-state index >= 15 is 0 Å². The summed E-state index contributed by atoms with van der Waals surface area (Å²) in [4.78, 5) is 0. The zero-order valence-electron chi connectivity index (χ0n) is 11.4. The molecule has 1 aliphatic rings. The number of fused-ring (bicyclic) bond motifs is 2. The molecule has 1 atom stereocenters. The molecule has 0 saturated carbocycles. The van der Waals surface area contributed by atoms with Crippen LogP contribution < -0.4 is 4.74 Å². The van der Waals surface area contributed by atoms with Crippen LogP contribution in [0, 0.1) is 20.8 Å². The molecule has 1 nitrogen and oxygen atoms in total. The highest BCUT2D eigenvalue weighted by Gasteiger charge is 2.25. The van der Waals surface area contributed by atoms with Crippen LogP contribution >= 0.6 is 0 Å². The first kappa shape index (κ1) is 11.3. The molecular formula is C17H18O. The van der Waals surface area contributed by atoms with Crippen LogP contribution in [0.1, 0.15) is 40.7 Å². The molecule has 1 heterocycles. The second-order valence-electron chi connectivity index (χ2n) is 5.36. The van der Waals surface area contributed by atoms with Gasteiger partial charge in [0.25, 0.3) is 0 Å². The molecule has 0 N–H and O–H groups in total. The van der Waals surface area contributed by atoms with Crippen molar-refractivity contribution >= 4 is 0 Å². The number of hydrogen-bond acceptors (Lipinski definition) is 1. The minimum atomic E-state index is 0.407. The molecule has 1 unspecified atom stereocenters. The third kappa shape index (κ3) is 1.62. The molecule has 0 saturated heterocycles. The van der Waals surface area contributed by atoms with Crippen LogP contribution in [0.5, 0.6) is 11.5 Å². The molecule has 1 aliphatic heterocycles. The zero-order chi connectivity index (χ0) is 12.9. The van der Waals surface area contributed by atoms with Gasteiger partial charge in [-0.15, -0.1) is 0 Å². The Morgan fingerprint density at radius 3 is 2.44 bits per heavy atom. The van der Waals surface area contributed by atoms with Crippen molar-refractivity contribution in [2.24, 2.45) is 0 Å². The Morgan fingerprint density at radius 2 is 1.67 bits per heavy atom. The Labute approximate surface area is 108 Å². The number of ether oxygens (including phenoxy) is 1. The third-order valence-corrected chi connectivity index (χ3v) is 3.78. The summed E-state index contributed by atoms with van der Waals surface area (Å²) in [5.74, 6) is 2.44. The van der Waals surface area contributed by atoms with Crippen LogP contribution in [0.15, 0.2) is 30.3 Å². The van der Waals surface area contributed by atoms with E-state index in [1.807, 2.05) is 0 Å². The van der Waals surface area contributed by atoms with Crippen molar-refractivity contribution in [2.75, 3.05) is 0 Å². The van der Waals surface area contributed by atoms with Crippen molar-refractivity contribution in [3.8, 4) is 11.5 Å². The number of aryl methyl sites for hydroxylation is 3. The molecule has 1 heteroatoms. The van der Waals surface area contributed by atoms with Crippen LogP contribution in [0.4, 0.5) is 0 Å². The molecule has 0 aliphatic carbocycles. The lowest BCUT2D eigenvalue weighted by atomic mass is 9.85. The minimum absolute atomic E-state index is 0.407. The lowest BCUT2D eigenvalue weighted by molar-refractivity contribution is 0.448. The quantitative estimate of drug-likeness (QED) is 0.636. The molecule has 18 heavy (non-hydrogen) atoms. The van der Waals surface area contributed by atoms with E-state index < -0.39 is 0 Å². The van der Waals surface area contributed by atoms with Crippen LogP contribution in [0.2, 0.25) is 0 Å². The van der Waals surface area contributed by atoms with Crippen molar-refractivity contribution in [2.45, 2.75) is 33.6 Å². The van der Waals surface area contributed by atoms with Crippen molar-refractivity contribution in [3.05, 3.63) is 58.1 Å². The maximum atomic E-state index is 6.06. The van der Waals surface area contributed by atoms with Gasteiger partial charge in [0.2, 0.25) is 0 Å². The molecule has 0 radical (unpaired) electrons. The normalized spacial score (nSPS) is 16.8. The summed E-state index contributed by atoms with van der Waals surface area (Å²) in [6.07, 6.45) is 0. The van der Waals surface area contributed by atoms with Crippen molar-refractivity contribution in [3.63, 3.8) is 0 Å². The van der Waals surface area contributed by atoms with Gasteiger partial charge in [0.1, 0.15) is 11.5 Å². The molecular weight excluding hydrogens is 220 g/mol. The average Bonchev–Trinajstić information content (AvgIpc) is 2.29. The predicted molar refractivity (Wildman–Crippen MR) is 74.7 cm³/mol. The van der Waals surface area contributed by atoms with Gasteiger partial charge in [0, 0.05) is 17.0 Å². The fourth-order valence-electron chi connectivity index (χ4n) is 2.95. The Morgan fingerprint density at radius 1 is 0.889 bits per heavy atom. The van der Waals surface area contributed by atoms with Gasteiger partial charge in [-0.25, -0.2) is 0 Å². The zero-order valence-corrected chi connectivity index (χ0v) is 11.4. The molecule has 2 aromatic rings. The van der Waals surface area contributed by atoms with Gasteiger partial charge in [-0.05, 0) is 44.0 Å². The van der Waals surface area contributed by atoms with E-state index in [2.05, 4.69) is 58.0 Å². The monoisotopic (exact) mass is 238 g/mol. The van der Waals surface area contributed by atoms with Gasteiger partial charge in [0.15, 0.2) is 0 Å². The first-order valence-corrected chi connectivity index (χ1v) is 6.46. The first-order chi connectivity index (χ1) is 8.56. The summed E-state index contributed by atoms with van der Waals surface area (Å²) < 4.78 is 6.06. The van der Waals surface area contributed by atoms with E-state index in [1.165, 1.54) is 27.8 Å². The summed E-state index contributed by atoms with van der Waals surface area (Å²) in [5.41, 5.74) is 6.50. The molecule has 3 rings (SSSR count). The van der Waals surface area contributed by atoms with Crippen LogP contribution in [0.3, 0.4) is 0 Å². The van der Waals surface area contributed by atoms with Gasteiger partial charge in [-0.2, -0.15) is 0 Å². The molecule has 92 valence electrons. The van der Waals surface area contributed by atoms with Crippen molar-refractivity contribution in [1.29, 1.82) is 0 Å². The maximum absolute atomic E-state index is 6.06. The predicted octanol–water partition coefficient (Wildman–Crippen LogP) is 4.87. The van der Waals surface area contributed by atoms with E-state index in [0.717, 1.165) is 11.5 Å². The number of rotatable bonds is 0. The van der Waals surface area contributed by atoms with Gasteiger partial charge in [-0.3, -0.25) is 0 Å². The van der Waals surface area contributed by atoms with E-state index in [1.54, 1.807) is 0 Å². The summed E-state index contributed by atoms with van der Waals surface area (Å²) in [7, 11) is 0. The Kier molecular flexibility index (Phi) is 2.44. The Bertz CT molecular complexity index is 626. The summed E-state index contributed by atoms with van der Waals surface area (Å²) in [5, 5.41) is 0. The average molecular weight is 238 g/mol. The van der Waals surface area contributed by atoms with Gasteiger partial charge in [0.05, 0.1) is 0 Å². The van der Waals surface area contributed by atoms with E-state index in [-0.39, 0.29) is 0 Å². The van der Waals surface area contributed by atoms with E-state index in [0.29, 0.717) is 5.92 Å². The molecule has 2 aromatic carbocycles. The van der Waals surface area contributed by atoms with Gasteiger partial charge >= 0.3 is 0 Å². The largest absolute Gasteiger partial charge is 0.457 e. The maximum Gasteiger partial charge on any atom is 0.131 e. The standard InChI is InChI=1S/C17H18O/c1-10-5-6-15-14(8-10)13(4)17-12(3)7-11(2)9-16(17)18-15/h5-9,13H,1-4H3. The fourth-order valence-corrected chi connectivity index (χ4v) is 2.95. The highest BCUT2D eigenvalue weighted by molar-refractivity contribution is 5.57. The second kappa shape index (κ2) is 3.88. The molecule has 0 fully saturated rings. The van der Waals surface area contributed by atoms with Gasteiger partial charge in [-0.1, -0.05) is 30.7 Å². The summed E-state index contributed by atoms with van der Waals surface area (Å²) in [6.45, 7) is 8.69. The van der Waals surface area contributed by atoms with E-state index in [4.69, 9.17) is 4.74 Å². The first-order valence-electron chi connectivity index (χ1n) is 6.46. The SMILES string of the molecule is Cc1cc(C)c2c(c1)Oc1ccc(C)cc1C2C. The number of hydrogen-bond donors (Lipinski definition) is 0. The second-order valence-corrected chi connectivity index (χ2v) is 5.36. The number of benzene rings is 2. The highest BCUT2D eigenvalue weighted by atomic mass is 16.5. The Hall–Kier alpha value is -1.76. The van der Waals surface area contributed by atoms with Crippen LogP contribution in [0.25, 0.3) is 0 Å². The third-order valence-electron chi connectivity index (χ3n) is 3.78. The fraction of sp³-hybridized carbons (Fsp3) is 0.294. The van der Waals surface area contributed by atoms with Crippen LogP contribution in [-0.4, -0.2) is 0 Å². The van der Waals surface area contributed by atoms with Crippen molar-refractivity contribution in [1.82, 2.24) is 0 Å². The molecule has 0 amide bonds. The molecule has 0 spiro atoms. The van der Waals surface area contributed by atoms with Crippen LogP contribution in [-0.2, 0) is 0 Å². The van der Waals surface area contributed by atoms with Crippen molar-refractivity contribution < 1.29 is 4.74 Å². The summed E-state index contributed by atoms with van der Waals surface area (Å²) >= 11 is 0. The Balaban J connectivity index is 2.22.